The Morgan fingerprint density at radius 1 is 0.375 bits per heavy atom. The molecule has 0 fully saturated rings. The molecule has 0 saturated heterocycles. The van der Waals surface area contributed by atoms with Crippen LogP contribution in [0.3, 0.4) is 0 Å². The Morgan fingerprint density at radius 2 is 0.688 bits per heavy atom. The summed E-state index contributed by atoms with van der Waals surface area (Å²) >= 11 is 0. The fourth-order valence-corrected chi connectivity index (χ4v) is 6.47. The zero-order chi connectivity index (χ0) is 33.3. The minimum Gasteiger partial charge on any atom is -0.310 e. The van der Waals surface area contributed by atoms with Crippen LogP contribution < -0.4 is 9.80 Å². The highest BCUT2D eigenvalue weighted by molar-refractivity contribution is 5.82. The van der Waals surface area contributed by atoms with Gasteiger partial charge in [-0.15, -0.1) is 0 Å². The van der Waals surface area contributed by atoms with Crippen LogP contribution >= 0.6 is 0 Å². The molecular formula is C46H48N2. The lowest BCUT2D eigenvalue weighted by molar-refractivity contribution is 0.795. The summed E-state index contributed by atoms with van der Waals surface area (Å²) in [5.41, 5.74) is 14.8. The predicted octanol–water partition coefficient (Wildman–Crippen LogP) is 13.6. The maximum Gasteiger partial charge on any atom is 0.0490 e. The van der Waals surface area contributed by atoms with E-state index in [0.29, 0.717) is 0 Å². The number of hydrogen-bond acceptors (Lipinski definition) is 2. The highest BCUT2D eigenvalue weighted by atomic mass is 15.1. The first-order valence-corrected chi connectivity index (χ1v) is 17.7. The number of anilines is 6. The molecule has 0 aliphatic heterocycles. The predicted molar refractivity (Wildman–Crippen MR) is 208 cm³/mol. The fourth-order valence-electron chi connectivity index (χ4n) is 6.47. The third-order valence-corrected chi connectivity index (χ3v) is 9.32. The van der Waals surface area contributed by atoms with E-state index in [-0.39, 0.29) is 0 Å². The van der Waals surface area contributed by atoms with Gasteiger partial charge in [-0.05, 0) is 134 Å². The first-order valence-electron chi connectivity index (χ1n) is 17.7. The molecule has 6 aromatic rings. The van der Waals surface area contributed by atoms with Gasteiger partial charge in [-0.25, -0.2) is 0 Å². The first kappa shape index (κ1) is 32.8. The molecule has 48 heavy (non-hydrogen) atoms. The van der Waals surface area contributed by atoms with E-state index in [0.717, 1.165) is 24.2 Å². The van der Waals surface area contributed by atoms with Crippen molar-refractivity contribution in [3.8, 4) is 11.1 Å². The third kappa shape index (κ3) is 7.55. The molecule has 0 aliphatic rings. The van der Waals surface area contributed by atoms with Gasteiger partial charge < -0.3 is 9.80 Å². The average molecular weight is 629 g/mol. The minimum absolute atomic E-state index is 1.13. The lowest BCUT2D eigenvalue weighted by Crippen LogP contribution is -2.11. The number of nitrogens with zero attached hydrogens (tertiary/aromatic N) is 2. The Bertz CT molecular complexity index is 1740. The molecule has 0 spiro atoms. The Hall–Kier alpha value is -5.08. The van der Waals surface area contributed by atoms with Crippen molar-refractivity contribution in [1.82, 2.24) is 0 Å². The highest BCUT2D eigenvalue weighted by Crippen LogP contribution is 2.39. The summed E-state index contributed by atoms with van der Waals surface area (Å²) in [5, 5.41) is 0. The van der Waals surface area contributed by atoms with Gasteiger partial charge in [-0.1, -0.05) is 112 Å². The minimum atomic E-state index is 1.13. The maximum absolute atomic E-state index is 2.37. The summed E-state index contributed by atoms with van der Waals surface area (Å²) < 4.78 is 0. The van der Waals surface area contributed by atoms with Gasteiger partial charge in [0, 0.05) is 34.1 Å². The number of unbranched alkanes of at least 4 members (excludes halogenated alkanes) is 2. The van der Waals surface area contributed by atoms with Crippen LogP contribution in [0.1, 0.15) is 61.8 Å². The molecule has 0 atom stereocenters. The summed E-state index contributed by atoms with van der Waals surface area (Å²) in [5.74, 6) is 0. The van der Waals surface area contributed by atoms with E-state index in [9.17, 15) is 0 Å². The molecule has 2 heteroatoms. The smallest absolute Gasteiger partial charge is 0.0490 e. The Labute approximate surface area is 288 Å². The molecule has 0 heterocycles. The largest absolute Gasteiger partial charge is 0.310 e. The monoisotopic (exact) mass is 628 g/mol. The van der Waals surface area contributed by atoms with Crippen LogP contribution in [-0.4, -0.2) is 0 Å². The van der Waals surface area contributed by atoms with Gasteiger partial charge in [0.05, 0.1) is 0 Å². The quantitative estimate of drug-likeness (QED) is 0.126. The summed E-state index contributed by atoms with van der Waals surface area (Å²) in [4.78, 5) is 4.75. The molecular weight excluding hydrogens is 581 g/mol. The zero-order valence-corrected chi connectivity index (χ0v) is 29.0. The molecule has 0 radical (unpaired) electrons. The van der Waals surface area contributed by atoms with Crippen LogP contribution in [0.2, 0.25) is 0 Å². The first-order chi connectivity index (χ1) is 23.6. The number of benzene rings is 6. The molecule has 0 aromatic heterocycles. The molecule has 2 nitrogen and oxygen atoms in total. The van der Waals surface area contributed by atoms with Gasteiger partial charge in [0.2, 0.25) is 0 Å². The zero-order valence-electron chi connectivity index (χ0n) is 29.0. The normalized spacial score (nSPS) is 11.0. The standard InChI is InChI=1S/C46H48N2/c1-5-7-15-37-19-27-41(28-20-37)47(45-17-11-9-13-35(45)3)43-31-23-39(24-32-43)40-25-33-44(34-26-40)48(46-18-12-10-14-36(46)4)42-29-21-38(22-30-42)16-8-6-2/h9-14,17-34H,5-8,15-16H2,1-4H3. The summed E-state index contributed by atoms with van der Waals surface area (Å²) in [6, 6.07) is 53.5. The van der Waals surface area contributed by atoms with E-state index >= 15 is 0 Å². The molecule has 0 saturated carbocycles. The molecule has 0 N–H and O–H groups in total. The van der Waals surface area contributed by atoms with Crippen molar-refractivity contribution in [2.75, 3.05) is 9.80 Å². The molecule has 6 rings (SSSR count). The van der Waals surface area contributed by atoms with Gasteiger partial charge in [0.25, 0.3) is 0 Å². The SMILES string of the molecule is CCCCc1ccc(N(c2ccc(-c3ccc(N(c4ccc(CCCC)cc4)c4ccccc4C)cc3)cc2)c2ccccc2C)cc1. The Morgan fingerprint density at radius 3 is 1.00 bits per heavy atom. The number of aryl methyl sites for hydroxylation is 4. The van der Waals surface area contributed by atoms with Crippen molar-refractivity contribution in [1.29, 1.82) is 0 Å². The van der Waals surface area contributed by atoms with Crippen molar-refractivity contribution >= 4 is 34.1 Å². The van der Waals surface area contributed by atoms with Gasteiger partial charge in [-0.3, -0.25) is 0 Å². The second-order valence-corrected chi connectivity index (χ2v) is 12.9. The van der Waals surface area contributed by atoms with Crippen LogP contribution in [0.4, 0.5) is 34.1 Å². The molecule has 0 aliphatic carbocycles. The second-order valence-electron chi connectivity index (χ2n) is 12.9. The third-order valence-electron chi connectivity index (χ3n) is 9.32. The van der Waals surface area contributed by atoms with E-state index in [1.165, 1.54) is 81.8 Å². The van der Waals surface area contributed by atoms with Gasteiger partial charge >= 0.3 is 0 Å². The number of hydrogen-bond donors (Lipinski definition) is 0. The van der Waals surface area contributed by atoms with Gasteiger partial charge in [-0.2, -0.15) is 0 Å². The average Bonchev–Trinajstić information content (AvgIpc) is 3.13. The van der Waals surface area contributed by atoms with E-state index in [1.807, 2.05) is 0 Å². The molecule has 0 bridgehead atoms. The highest BCUT2D eigenvalue weighted by Gasteiger charge is 2.17. The fraction of sp³-hybridized carbons (Fsp3) is 0.217. The summed E-state index contributed by atoms with van der Waals surface area (Å²) in [6.07, 6.45) is 7.12. The molecule has 242 valence electrons. The summed E-state index contributed by atoms with van der Waals surface area (Å²) in [6.45, 7) is 8.88. The van der Waals surface area contributed by atoms with Crippen molar-refractivity contribution in [2.45, 2.75) is 66.2 Å². The Balaban J connectivity index is 1.29. The molecule has 6 aromatic carbocycles. The van der Waals surface area contributed by atoms with Crippen molar-refractivity contribution < 1.29 is 0 Å². The van der Waals surface area contributed by atoms with E-state index in [4.69, 9.17) is 0 Å². The van der Waals surface area contributed by atoms with Crippen molar-refractivity contribution in [3.63, 3.8) is 0 Å². The van der Waals surface area contributed by atoms with Crippen LogP contribution in [-0.2, 0) is 12.8 Å². The second kappa shape index (κ2) is 15.7. The molecule has 0 amide bonds. The Kier molecular flexibility index (Phi) is 10.7. The van der Waals surface area contributed by atoms with E-state index in [2.05, 4.69) is 183 Å². The van der Waals surface area contributed by atoms with E-state index in [1.54, 1.807) is 0 Å². The van der Waals surface area contributed by atoms with Gasteiger partial charge in [0.15, 0.2) is 0 Å². The van der Waals surface area contributed by atoms with E-state index < -0.39 is 0 Å². The molecule has 0 unspecified atom stereocenters. The maximum atomic E-state index is 2.37. The van der Waals surface area contributed by atoms with Crippen molar-refractivity contribution in [3.05, 3.63) is 168 Å². The van der Waals surface area contributed by atoms with Gasteiger partial charge in [0.1, 0.15) is 0 Å². The summed E-state index contributed by atoms with van der Waals surface area (Å²) in [7, 11) is 0. The number of para-hydroxylation sites is 2. The van der Waals surface area contributed by atoms with Crippen molar-refractivity contribution in [2.24, 2.45) is 0 Å². The van der Waals surface area contributed by atoms with Crippen LogP contribution in [0, 0.1) is 13.8 Å². The van der Waals surface area contributed by atoms with Crippen LogP contribution in [0.5, 0.6) is 0 Å². The lowest BCUT2D eigenvalue weighted by Gasteiger charge is -2.28. The number of rotatable bonds is 13. The topological polar surface area (TPSA) is 6.48 Å². The lowest BCUT2D eigenvalue weighted by atomic mass is 10.0. The van der Waals surface area contributed by atoms with Crippen LogP contribution in [0.15, 0.2) is 146 Å². The van der Waals surface area contributed by atoms with Crippen LogP contribution in [0.25, 0.3) is 11.1 Å².